The van der Waals surface area contributed by atoms with E-state index in [9.17, 15) is 8.78 Å². The minimum absolute atomic E-state index is 0.0897. The molecule has 1 aromatic carbocycles. The number of hydrogen-bond acceptors (Lipinski definition) is 1. The van der Waals surface area contributed by atoms with Crippen molar-refractivity contribution in [3.05, 3.63) is 39.6 Å². The van der Waals surface area contributed by atoms with Gasteiger partial charge in [0.15, 0.2) is 11.6 Å². The van der Waals surface area contributed by atoms with Gasteiger partial charge in [-0.05, 0) is 40.8 Å². The Hall–Kier alpha value is -0.780. The van der Waals surface area contributed by atoms with Crippen LogP contribution in [0.3, 0.4) is 0 Å². The van der Waals surface area contributed by atoms with Gasteiger partial charge in [-0.1, -0.05) is 6.07 Å². The number of nitrogens with zero attached hydrogens (tertiary/aromatic N) is 1. The van der Waals surface area contributed by atoms with Crippen LogP contribution >= 0.6 is 22.6 Å². The average Bonchev–Trinajstić information content (AvgIpc) is 2.12. The smallest absolute Gasteiger partial charge is 0.185 e. The monoisotopic (exact) mass is 291 g/mol. The van der Waals surface area contributed by atoms with Gasteiger partial charge < -0.3 is 0 Å². The van der Waals surface area contributed by atoms with Gasteiger partial charge in [-0.15, -0.1) is 0 Å². The van der Waals surface area contributed by atoms with Crippen molar-refractivity contribution in [1.29, 1.82) is 0 Å². The van der Waals surface area contributed by atoms with Gasteiger partial charge in [0.1, 0.15) is 9.22 Å². The van der Waals surface area contributed by atoms with E-state index in [4.69, 9.17) is 0 Å². The van der Waals surface area contributed by atoms with Gasteiger partial charge in [0, 0.05) is 5.39 Å². The molecule has 13 heavy (non-hydrogen) atoms. The van der Waals surface area contributed by atoms with Crippen molar-refractivity contribution in [2.45, 2.75) is 0 Å². The molecule has 0 aliphatic rings. The molecule has 66 valence electrons. The van der Waals surface area contributed by atoms with Gasteiger partial charge in [-0.2, -0.15) is 0 Å². The maximum atomic E-state index is 13.1. The van der Waals surface area contributed by atoms with Crippen molar-refractivity contribution in [2.24, 2.45) is 0 Å². The van der Waals surface area contributed by atoms with Gasteiger partial charge >= 0.3 is 0 Å². The number of benzene rings is 1. The molecule has 1 aromatic heterocycles. The molecule has 0 atom stereocenters. The van der Waals surface area contributed by atoms with Crippen molar-refractivity contribution < 1.29 is 8.78 Å². The molecule has 4 heteroatoms. The fourth-order valence-corrected chi connectivity index (χ4v) is 1.53. The van der Waals surface area contributed by atoms with Crippen LogP contribution in [0.2, 0.25) is 0 Å². The van der Waals surface area contributed by atoms with Crippen molar-refractivity contribution in [2.75, 3.05) is 0 Å². The van der Waals surface area contributed by atoms with Gasteiger partial charge in [0.2, 0.25) is 0 Å². The molecule has 0 bridgehead atoms. The molecular weight excluding hydrogens is 287 g/mol. The minimum atomic E-state index is -0.879. The normalized spacial score (nSPS) is 10.7. The molecule has 0 aliphatic carbocycles. The van der Waals surface area contributed by atoms with E-state index < -0.39 is 11.6 Å². The van der Waals surface area contributed by atoms with Crippen LogP contribution in [0.1, 0.15) is 0 Å². The Labute approximate surface area is 86.9 Å². The molecule has 0 amide bonds. The second-order valence-corrected chi connectivity index (χ2v) is 3.67. The van der Waals surface area contributed by atoms with E-state index in [-0.39, 0.29) is 5.52 Å². The highest BCUT2D eigenvalue weighted by atomic mass is 127. The summed E-state index contributed by atoms with van der Waals surface area (Å²) in [6, 6.07) is 6.08. The second kappa shape index (κ2) is 3.17. The molecule has 0 saturated heterocycles. The van der Waals surface area contributed by atoms with E-state index >= 15 is 0 Å². The molecular formula is C9H4F2IN. The Balaban J connectivity index is 2.89. The van der Waals surface area contributed by atoms with Gasteiger partial charge in [0.05, 0.1) is 0 Å². The van der Waals surface area contributed by atoms with Crippen LogP contribution in [-0.2, 0) is 0 Å². The molecule has 0 saturated carbocycles. The first-order valence-electron chi connectivity index (χ1n) is 3.59. The van der Waals surface area contributed by atoms with Crippen LogP contribution in [0.15, 0.2) is 24.3 Å². The van der Waals surface area contributed by atoms with Gasteiger partial charge in [0.25, 0.3) is 0 Å². The minimum Gasteiger partial charge on any atom is -0.239 e. The Bertz CT molecular complexity index is 465. The molecule has 0 unspecified atom stereocenters. The quantitative estimate of drug-likeness (QED) is 0.537. The first-order valence-corrected chi connectivity index (χ1v) is 4.66. The first kappa shape index (κ1) is 8.80. The molecule has 2 rings (SSSR count). The van der Waals surface area contributed by atoms with E-state index in [2.05, 4.69) is 4.98 Å². The lowest BCUT2D eigenvalue weighted by molar-refractivity contribution is 0.515. The summed E-state index contributed by atoms with van der Waals surface area (Å²) in [4.78, 5) is 3.91. The Morgan fingerprint density at radius 3 is 2.54 bits per heavy atom. The summed E-state index contributed by atoms with van der Waals surface area (Å²) in [5.41, 5.74) is 0.0897. The number of aromatic nitrogens is 1. The number of hydrogen-bond donors (Lipinski definition) is 0. The Kier molecular flexibility index (Phi) is 2.15. The standard InChI is InChI=1S/C9H4F2IN/c10-6-3-1-5-2-4-7(12)13-9(5)8(6)11/h1-4H. The second-order valence-electron chi connectivity index (χ2n) is 2.57. The summed E-state index contributed by atoms with van der Waals surface area (Å²) < 4.78 is 26.5. The summed E-state index contributed by atoms with van der Waals surface area (Å²) in [5, 5.41) is 0.610. The molecule has 0 N–H and O–H groups in total. The zero-order valence-electron chi connectivity index (χ0n) is 6.39. The fraction of sp³-hybridized carbons (Fsp3) is 0. The van der Waals surface area contributed by atoms with Crippen LogP contribution in [0.5, 0.6) is 0 Å². The predicted octanol–water partition coefficient (Wildman–Crippen LogP) is 3.12. The van der Waals surface area contributed by atoms with Crippen molar-refractivity contribution >= 4 is 33.5 Å². The number of pyridine rings is 1. The highest BCUT2D eigenvalue weighted by molar-refractivity contribution is 14.1. The zero-order valence-corrected chi connectivity index (χ0v) is 8.55. The molecule has 2 aromatic rings. The Morgan fingerprint density at radius 1 is 1.08 bits per heavy atom. The van der Waals surface area contributed by atoms with Gasteiger partial charge in [-0.3, -0.25) is 0 Å². The van der Waals surface area contributed by atoms with Crippen LogP contribution in [0, 0.1) is 15.3 Å². The molecule has 0 spiro atoms. The molecule has 1 nitrogen and oxygen atoms in total. The van der Waals surface area contributed by atoms with E-state index in [0.717, 1.165) is 6.07 Å². The average molecular weight is 291 g/mol. The summed E-state index contributed by atoms with van der Waals surface area (Å²) in [5.74, 6) is -1.74. The van der Waals surface area contributed by atoms with Crippen molar-refractivity contribution in [1.82, 2.24) is 4.98 Å². The summed E-state index contributed by atoms with van der Waals surface area (Å²) in [6.45, 7) is 0. The maximum absolute atomic E-state index is 13.1. The summed E-state index contributed by atoms with van der Waals surface area (Å²) in [7, 11) is 0. The number of fused-ring (bicyclic) bond motifs is 1. The maximum Gasteiger partial charge on any atom is 0.185 e. The van der Waals surface area contributed by atoms with E-state index in [1.807, 2.05) is 22.6 Å². The number of halogens is 3. The third-order valence-electron chi connectivity index (χ3n) is 1.72. The largest absolute Gasteiger partial charge is 0.239 e. The van der Waals surface area contributed by atoms with E-state index in [0.29, 0.717) is 9.09 Å². The highest BCUT2D eigenvalue weighted by Crippen LogP contribution is 2.19. The van der Waals surface area contributed by atoms with Crippen molar-refractivity contribution in [3.8, 4) is 0 Å². The summed E-state index contributed by atoms with van der Waals surface area (Å²) in [6.07, 6.45) is 0. The van der Waals surface area contributed by atoms with E-state index in [1.54, 1.807) is 12.1 Å². The third kappa shape index (κ3) is 1.50. The third-order valence-corrected chi connectivity index (χ3v) is 2.32. The Morgan fingerprint density at radius 2 is 1.77 bits per heavy atom. The van der Waals surface area contributed by atoms with Crippen LogP contribution < -0.4 is 0 Å². The lowest BCUT2D eigenvalue weighted by Gasteiger charge is -1.99. The van der Waals surface area contributed by atoms with Crippen molar-refractivity contribution in [3.63, 3.8) is 0 Å². The lowest BCUT2D eigenvalue weighted by Crippen LogP contribution is -1.90. The predicted molar refractivity (Wildman–Crippen MR) is 54.4 cm³/mol. The van der Waals surface area contributed by atoms with Gasteiger partial charge in [-0.25, -0.2) is 13.8 Å². The molecule has 0 aliphatic heterocycles. The highest BCUT2D eigenvalue weighted by Gasteiger charge is 2.07. The molecule has 1 heterocycles. The van der Waals surface area contributed by atoms with Crippen LogP contribution in [-0.4, -0.2) is 4.98 Å². The topological polar surface area (TPSA) is 12.9 Å². The molecule has 0 radical (unpaired) electrons. The lowest BCUT2D eigenvalue weighted by atomic mass is 10.2. The first-order chi connectivity index (χ1) is 6.18. The summed E-state index contributed by atoms with van der Waals surface area (Å²) >= 11 is 1.96. The number of rotatable bonds is 0. The van der Waals surface area contributed by atoms with Crippen LogP contribution in [0.4, 0.5) is 8.78 Å². The van der Waals surface area contributed by atoms with Crippen LogP contribution in [0.25, 0.3) is 10.9 Å². The fourth-order valence-electron chi connectivity index (χ4n) is 1.11. The molecule has 0 fully saturated rings. The van der Waals surface area contributed by atoms with E-state index in [1.165, 1.54) is 6.07 Å². The zero-order chi connectivity index (χ0) is 9.42. The SMILES string of the molecule is Fc1ccc2ccc(I)nc2c1F.